The van der Waals surface area contributed by atoms with E-state index in [4.69, 9.17) is 19.9 Å². The van der Waals surface area contributed by atoms with Crippen LogP contribution in [-0.2, 0) is 27.3 Å². The minimum absolute atomic E-state index is 0.334. The molecule has 0 aromatic heterocycles. The number of carbonyl (C=O) groups excluding carboxylic acids is 2. The summed E-state index contributed by atoms with van der Waals surface area (Å²) in [5.41, 5.74) is 7.29. The molecule has 0 saturated carbocycles. The van der Waals surface area contributed by atoms with E-state index in [1.807, 2.05) is 84.0 Å². The highest BCUT2D eigenvalue weighted by Gasteiger charge is 2.22. The first-order valence-corrected chi connectivity index (χ1v) is 10.6. The molecule has 0 fully saturated rings. The molecular formula is C25H34N2O5. The number of esters is 1. The predicted molar refractivity (Wildman–Crippen MR) is 125 cm³/mol. The van der Waals surface area contributed by atoms with Gasteiger partial charge in [0.15, 0.2) is 0 Å². The first-order valence-electron chi connectivity index (χ1n) is 10.6. The lowest BCUT2D eigenvalue weighted by Crippen LogP contribution is -2.38. The molecule has 2 aromatic rings. The maximum absolute atomic E-state index is 12.0. The fourth-order valence-electron chi connectivity index (χ4n) is 2.76. The summed E-state index contributed by atoms with van der Waals surface area (Å²) in [5, 5.41) is 2.72. The van der Waals surface area contributed by atoms with Crippen LogP contribution in [0.15, 0.2) is 48.5 Å². The van der Waals surface area contributed by atoms with Crippen molar-refractivity contribution >= 4 is 17.7 Å². The number of hydrogen-bond acceptors (Lipinski definition) is 6. The van der Waals surface area contributed by atoms with Crippen LogP contribution < -0.4 is 15.8 Å². The van der Waals surface area contributed by atoms with Crippen molar-refractivity contribution in [3.8, 4) is 5.75 Å². The van der Waals surface area contributed by atoms with Gasteiger partial charge in [-0.3, -0.25) is 10.1 Å². The number of ether oxygens (including phenoxy) is 3. The molecule has 174 valence electrons. The van der Waals surface area contributed by atoms with E-state index in [0.29, 0.717) is 24.5 Å². The number of anilines is 1. The molecule has 7 nitrogen and oxygen atoms in total. The Hall–Kier alpha value is -3.06. The summed E-state index contributed by atoms with van der Waals surface area (Å²) < 4.78 is 16.4. The zero-order valence-corrected chi connectivity index (χ0v) is 19.7. The molecule has 0 spiro atoms. The van der Waals surface area contributed by atoms with Crippen LogP contribution >= 0.6 is 0 Å². The molecule has 3 N–H and O–H groups in total. The Morgan fingerprint density at radius 2 is 1.53 bits per heavy atom. The van der Waals surface area contributed by atoms with E-state index in [1.165, 1.54) is 0 Å². The van der Waals surface area contributed by atoms with E-state index in [-0.39, 0.29) is 0 Å². The van der Waals surface area contributed by atoms with Crippen LogP contribution in [0.4, 0.5) is 10.5 Å². The Balaban J connectivity index is 1.88. The topological polar surface area (TPSA) is 99.9 Å². The fraction of sp³-hybridized carbons (Fsp3) is 0.440. The Bertz CT molecular complexity index is 911. The second kappa shape index (κ2) is 10.5. The highest BCUT2D eigenvalue weighted by atomic mass is 16.6. The summed E-state index contributed by atoms with van der Waals surface area (Å²) in [5.74, 6) is 0.266. The van der Waals surface area contributed by atoms with Gasteiger partial charge in [-0.15, -0.1) is 0 Å². The molecule has 2 aromatic carbocycles. The lowest BCUT2D eigenvalue weighted by atomic mass is 10.1. The van der Waals surface area contributed by atoms with Crippen molar-refractivity contribution in [3.63, 3.8) is 0 Å². The Labute approximate surface area is 190 Å². The second-order valence-electron chi connectivity index (χ2n) is 9.60. The summed E-state index contributed by atoms with van der Waals surface area (Å²) in [7, 11) is 0. The van der Waals surface area contributed by atoms with Gasteiger partial charge in [-0.05, 0) is 83.4 Å². The zero-order valence-electron chi connectivity index (χ0n) is 19.7. The lowest BCUT2D eigenvalue weighted by molar-refractivity contribution is -0.156. The number of benzene rings is 2. The van der Waals surface area contributed by atoms with Gasteiger partial charge < -0.3 is 19.9 Å². The maximum atomic E-state index is 12.0. The molecule has 7 heteroatoms. The third kappa shape index (κ3) is 9.39. The molecule has 0 bridgehead atoms. The van der Waals surface area contributed by atoms with Crippen molar-refractivity contribution < 1.29 is 23.8 Å². The van der Waals surface area contributed by atoms with Crippen LogP contribution in [0, 0.1) is 0 Å². The third-order valence-electron chi connectivity index (χ3n) is 4.07. The smallest absolute Gasteiger partial charge is 0.412 e. The number of nitrogens with one attached hydrogen (secondary N) is 1. The lowest BCUT2D eigenvalue weighted by Gasteiger charge is -2.22. The standard InChI is InChI=1S/C25H34N2O5/c1-24(2,3)31-22(28)21(26)15-17-10-12-20(13-11-17)30-16-18-8-7-9-19(14-18)27-23(29)32-25(4,5)6/h7-14,21H,15-16,26H2,1-6H3,(H,27,29). The van der Waals surface area contributed by atoms with Gasteiger partial charge in [0.1, 0.15) is 29.6 Å². The van der Waals surface area contributed by atoms with Gasteiger partial charge in [0, 0.05) is 5.69 Å². The van der Waals surface area contributed by atoms with E-state index in [2.05, 4.69) is 5.32 Å². The molecule has 0 radical (unpaired) electrons. The molecule has 2 rings (SSSR count). The van der Waals surface area contributed by atoms with Gasteiger partial charge in [0.2, 0.25) is 0 Å². The first-order chi connectivity index (χ1) is 14.8. The molecule has 32 heavy (non-hydrogen) atoms. The van der Waals surface area contributed by atoms with Gasteiger partial charge >= 0.3 is 12.1 Å². The molecule has 0 aliphatic rings. The zero-order chi connectivity index (χ0) is 23.9. The average molecular weight is 443 g/mol. The SMILES string of the molecule is CC(C)(C)OC(=O)Nc1cccc(COc2ccc(CC(N)C(=O)OC(C)(C)C)cc2)c1. The van der Waals surface area contributed by atoms with Crippen molar-refractivity contribution in [1.82, 2.24) is 0 Å². The van der Waals surface area contributed by atoms with E-state index >= 15 is 0 Å². The van der Waals surface area contributed by atoms with Crippen molar-refractivity contribution in [2.24, 2.45) is 5.73 Å². The normalized spacial score (nSPS) is 12.6. The number of nitrogens with two attached hydrogens (primary N) is 1. The highest BCUT2D eigenvalue weighted by molar-refractivity contribution is 5.84. The molecule has 0 saturated heterocycles. The van der Waals surface area contributed by atoms with Gasteiger partial charge in [-0.1, -0.05) is 24.3 Å². The molecule has 0 aliphatic carbocycles. The third-order valence-corrected chi connectivity index (χ3v) is 4.07. The minimum Gasteiger partial charge on any atom is -0.489 e. The van der Waals surface area contributed by atoms with Crippen LogP contribution in [0.2, 0.25) is 0 Å². The molecule has 0 heterocycles. The van der Waals surface area contributed by atoms with Crippen LogP contribution in [0.25, 0.3) is 0 Å². The van der Waals surface area contributed by atoms with Crippen molar-refractivity contribution in [2.75, 3.05) is 5.32 Å². The van der Waals surface area contributed by atoms with Gasteiger partial charge in [-0.2, -0.15) is 0 Å². The minimum atomic E-state index is -0.721. The molecule has 0 aliphatic heterocycles. The summed E-state index contributed by atoms with van der Waals surface area (Å²) in [4.78, 5) is 24.0. The van der Waals surface area contributed by atoms with E-state index in [1.54, 1.807) is 6.07 Å². The van der Waals surface area contributed by atoms with Gasteiger partial charge in [-0.25, -0.2) is 4.79 Å². The van der Waals surface area contributed by atoms with Crippen LogP contribution in [0.1, 0.15) is 52.7 Å². The fourth-order valence-corrected chi connectivity index (χ4v) is 2.76. The van der Waals surface area contributed by atoms with E-state index in [0.717, 1.165) is 11.1 Å². The van der Waals surface area contributed by atoms with E-state index in [9.17, 15) is 9.59 Å². The van der Waals surface area contributed by atoms with Crippen LogP contribution in [0.5, 0.6) is 5.75 Å². The number of carbonyl (C=O) groups is 2. The Morgan fingerprint density at radius 3 is 2.12 bits per heavy atom. The predicted octanol–water partition coefficient (Wildman–Crippen LogP) is 4.82. The first kappa shape index (κ1) is 25.2. The van der Waals surface area contributed by atoms with Gasteiger partial charge in [0.25, 0.3) is 0 Å². The summed E-state index contributed by atoms with van der Waals surface area (Å²) >= 11 is 0. The van der Waals surface area contributed by atoms with Crippen LogP contribution in [0.3, 0.4) is 0 Å². The molecule has 1 atom stereocenters. The molecule has 1 unspecified atom stereocenters. The maximum Gasteiger partial charge on any atom is 0.412 e. The van der Waals surface area contributed by atoms with Crippen molar-refractivity contribution in [2.45, 2.75) is 71.8 Å². The summed E-state index contributed by atoms with van der Waals surface area (Å²) in [6, 6.07) is 14.1. The molecular weight excluding hydrogens is 408 g/mol. The summed E-state index contributed by atoms with van der Waals surface area (Å²) in [6.07, 6.45) is -0.121. The van der Waals surface area contributed by atoms with Crippen LogP contribution in [-0.4, -0.2) is 29.3 Å². The van der Waals surface area contributed by atoms with Crippen molar-refractivity contribution in [3.05, 3.63) is 59.7 Å². The number of amides is 1. The van der Waals surface area contributed by atoms with Gasteiger partial charge in [0.05, 0.1) is 0 Å². The number of rotatable bonds is 7. The summed E-state index contributed by atoms with van der Waals surface area (Å²) in [6.45, 7) is 11.2. The van der Waals surface area contributed by atoms with E-state index < -0.39 is 29.3 Å². The number of hydrogen-bond donors (Lipinski definition) is 2. The second-order valence-corrected chi connectivity index (χ2v) is 9.60. The quantitative estimate of drug-likeness (QED) is 0.596. The average Bonchev–Trinajstić information content (AvgIpc) is 2.65. The molecule has 1 amide bonds. The Kier molecular flexibility index (Phi) is 8.27. The highest BCUT2D eigenvalue weighted by Crippen LogP contribution is 2.18. The van der Waals surface area contributed by atoms with Crippen molar-refractivity contribution in [1.29, 1.82) is 0 Å². The Morgan fingerprint density at radius 1 is 0.906 bits per heavy atom. The monoisotopic (exact) mass is 442 g/mol. The largest absolute Gasteiger partial charge is 0.489 e.